The van der Waals surface area contributed by atoms with Crippen LogP contribution in [0.3, 0.4) is 0 Å². The molecule has 1 aliphatic heterocycles. The van der Waals surface area contributed by atoms with Crippen LogP contribution in [0.4, 0.5) is 23.4 Å². The van der Waals surface area contributed by atoms with Crippen LogP contribution in [0.1, 0.15) is 30.1 Å². The number of alkyl halides is 3. The van der Waals surface area contributed by atoms with Crippen molar-refractivity contribution in [2.75, 3.05) is 18.0 Å². The third-order valence-corrected chi connectivity index (χ3v) is 5.42. The summed E-state index contributed by atoms with van der Waals surface area (Å²) in [6.07, 6.45) is -0.428. The van der Waals surface area contributed by atoms with Crippen molar-refractivity contribution in [3.63, 3.8) is 0 Å². The summed E-state index contributed by atoms with van der Waals surface area (Å²) in [5.41, 5.74) is 0.247. The van der Waals surface area contributed by atoms with Crippen molar-refractivity contribution in [1.82, 2.24) is 24.6 Å². The summed E-state index contributed by atoms with van der Waals surface area (Å²) in [6.45, 7) is 1.18. The molecule has 0 radical (unpaired) electrons. The summed E-state index contributed by atoms with van der Waals surface area (Å²) in [5.74, 6) is 0.561. The van der Waals surface area contributed by atoms with Gasteiger partial charge < -0.3 is 4.90 Å². The zero-order valence-corrected chi connectivity index (χ0v) is 15.6. The molecule has 4 heterocycles. The van der Waals surface area contributed by atoms with Crippen molar-refractivity contribution >= 4 is 22.4 Å². The average molecular weight is 416 g/mol. The number of hydrogen-bond acceptors (Lipinski definition) is 5. The van der Waals surface area contributed by atoms with Crippen LogP contribution in [0, 0.1) is 5.82 Å². The Kier molecular flexibility index (Phi) is 4.30. The van der Waals surface area contributed by atoms with Gasteiger partial charge in [0, 0.05) is 30.6 Å². The molecule has 0 amide bonds. The van der Waals surface area contributed by atoms with E-state index in [1.54, 1.807) is 6.07 Å². The molecule has 3 aromatic heterocycles. The van der Waals surface area contributed by atoms with E-state index in [9.17, 15) is 17.6 Å². The lowest BCUT2D eigenvalue weighted by molar-refractivity contribution is -0.137. The third-order valence-electron chi connectivity index (χ3n) is 5.42. The molecule has 0 N–H and O–H groups in total. The molecule has 10 heteroatoms. The zero-order valence-electron chi connectivity index (χ0n) is 15.6. The highest BCUT2D eigenvalue weighted by molar-refractivity contribution is 5.89. The van der Waals surface area contributed by atoms with Gasteiger partial charge in [-0.15, -0.1) is 10.2 Å². The largest absolute Gasteiger partial charge is 0.417 e. The van der Waals surface area contributed by atoms with Crippen LogP contribution in [0.5, 0.6) is 0 Å². The number of anilines is 1. The van der Waals surface area contributed by atoms with Crippen molar-refractivity contribution in [3.8, 4) is 0 Å². The van der Waals surface area contributed by atoms with Crippen LogP contribution < -0.4 is 4.90 Å². The van der Waals surface area contributed by atoms with E-state index in [1.165, 1.54) is 28.9 Å². The maximum atomic E-state index is 13.8. The molecule has 0 bridgehead atoms. The fourth-order valence-electron chi connectivity index (χ4n) is 4.00. The molecule has 1 aromatic carbocycles. The van der Waals surface area contributed by atoms with Crippen molar-refractivity contribution < 1.29 is 17.6 Å². The van der Waals surface area contributed by atoms with Crippen LogP contribution in [0.2, 0.25) is 0 Å². The normalized spacial score (nSPS) is 17.7. The number of pyridine rings is 1. The minimum absolute atomic E-state index is 0.143. The van der Waals surface area contributed by atoms with E-state index in [2.05, 4.69) is 20.2 Å². The average Bonchev–Trinajstić information content (AvgIpc) is 3.16. The van der Waals surface area contributed by atoms with Crippen LogP contribution in [-0.2, 0) is 6.18 Å². The molecule has 0 spiro atoms. The minimum Gasteiger partial charge on any atom is -0.355 e. The van der Waals surface area contributed by atoms with Crippen molar-refractivity contribution in [2.45, 2.75) is 24.9 Å². The second-order valence-electron chi connectivity index (χ2n) is 7.35. The Morgan fingerprint density at radius 3 is 2.73 bits per heavy atom. The SMILES string of the molecule is Fc1ccc2ncnc(N3CCCC(c4nnc5ccc(C(F)(F)F)cn45)C3)c2c1. The van der Waals surface area contributed by atoms with E-state index in [4.69, 9.17) is 0 Å². The molecule has 1 unspecified atom stereocenters. The van der Waals surface area contributed by atoms with Gasteiger partial charge in [0.15, 0.2) is 5.65 Å². The Balaban J connectivity index is 1.52. The quantitative estimate of drug-likeness (QED) is 0.458. The summed E-state index contributed by atoms with van der Waals surface area (Å²) < 4.78 is 54.7. The van der Waals surface area contributed by atoms with E-state index in [0.29, 0.717) is 41.3 Å². The third kappa shape index (κ3) is 3.21. The maximum Gasteiger partial charge on any atom is 0.417 e. The van der Waals surface area contributed by atoms with Gasteiger partial charge >= 0.3 is 6.18 Å². The lowest BCUT2D eigenvalue weighted by atomic mass is 9.97. The van der Waals surface area contributed by atoms with E-state index in [-0.39, 0.29) is 11.7 Å². The Morgan fingerprint density at radius 1 is 1.03 bits per heavy atom. The Hall–Kier alpha value is -3.30. The van der Waals surface area contributed by atoms with Gasteiger partial charge in [-0.2, -0.15) is 13.2 Å². The van der Waals surface area contributed by atoms with Crippen LogP contribution in [-0.4, -0.2) is 37.7 Å². The van der Waals surface area contributed by atoms with Gasteiger partial charge in [0.25, 0.3) is 0 Å². The molecule has 0 saturated carbocycles. The number of hydrogen-bond donors (Lipinski definition) is 0. The fourth-order valence-corrected chi connectivity index (χ4v) is 4.00. The van der Waals surface area contributed by atoms with Gasteiger partial charge in [-0.25, -0.2) is 14.4 Å². The molecule has 6 nitrogen and oxygen atoms in total. The Morgan fingerprint density at radius 2 is 1.90 bits per heavy atom. The van der Waals surface area contributed by atoms with Crippen LogP contribution in [0.15, 0.2) is 42.9 Å². The van der Waals surface area contributed by atoms with E-state index < -0.39 is 11.7 Å². The summed E-state index contributed by atoms with van der Waals surface area (Å²) in [6, 6.07) is 6.67. The van der Waals surface area contributed by atoms with Crippen molar-refractivity contribution in [3.05, 3.63) is 60.1 Å². The predicted molar refractivity (Wildman–Crippen MR) is 102 cm³/mol. The van der Waals surface area contributed by atoms with Crippen molar-refractivity contribution in [1.29, 1.82) is 0 Å². The molecule has 4 aromatic rings. The lowest BCUT2D eigenvalue weighted by Crippen LogP contribution is -2.35. The Bertz CT molecular complexity index is 1240. The standard InChI is InChI=1S/C20H16F4N6/c21-14-4-5-16-15(8-14)19(26-11-25-16)29-7-1-2-12(9-29)18-28-27-17-6-3-13(10-30(17)18)20(22,23)24/h3-6,8,10-12H,1-2,7,9H2. The van der Waals surface area contributed by atoms with Gasteiger partial charge in [-0.1, -0.05) is 0 Å². The smallest absolute Gasteiger partial charge is 0.355 e. The monoisotopic (exact) mass is 416 g/mol. The Labute approximate surface area is 168 Å². The minimum atomic E-state index is -4.45. The van der Waals surface area contributed by atoms with Gasteiger partial charge in [0.05, 0.1) is 11.1 Å². The number of benzene rings is 1. The second kappa shape index (κ2) is 6.89. The predicted octanol–water partition coefficient (Wildman–Crippen LogP) is 4.21. The molecule has 1 aliphatic rings. The van der Waals surface area contributed by atoms with Gasteiger partial charge in [-0.3, -0.25) is 4.40 Å². The first-order valence-corrected chi connectivity index (χ1v) is 9.47. The molecular formula is C20H16F4N6. The molecule has 1 saturated heterocycles. The van der Waals surface area contributed by atoms with E-state index >= 15 is 0 Å². The van der Waals surface area contributed by atoms with E-state index in [0.717, 1.165) is 25.1 Å². The van der Waals surface area contributed by atoms with Gasteiger partial charge in [0.1, 0.15) is 23.8 Å². The first-order valence-electron chi connectivity index (χ1n) is 9.47. The highest BCUT2D eigenvalue weighted by Gasteiger charge is 2.32. The molecule has 5 rings (SSSR count). The first-order chi connectivity index (χ1) is 14.4. The van der Waals surface area contributed by atoms with Crippen LogP contribution in [0.25, 0.3) is 16.6 Å². The van der Waals surface area contributed by atoms with E-state index in [1.807, 2.05) is 4.90 Å². The lowest BCUT2D eigenvalue weighted by Gasteiger charge is -2.33. The topological polar surface area (TPSA) is 59.2 Å². The number of nitrogens with zero attached hydrogens (tertiary/aromatic N) is 6. The summed E-state index contributed by atoms with van der Waals surface area (Å²) >= 11 is 0. The van der Waals surface area contributed by atoms with Gasteiger partial charge in [0.2, 0.25) is 0 Å². The highest BCUT2D eigenvalue weighted by atomic mass is 19.4. The number of rotatable bonds is 2. The zero-order chi connectivity index (χ0) is 20.9. The molecule has 1 fully saturated rings. The van der Waals surface area contributed by atoms with Crippen molar-refractivity contribution in [2.24, 2.45) is 0 Å². The molecular weight excluding hydrogens is 400 g/mol. The summed E-state index contributed by atoms with van der Waals surface area (Å²) in [5, 5.41) is 8.80. The second-order valence-corrected chi connectivity index (χ2v) is 7.35. The maximum absolute atomic E-state index is 13.8. The molecule has 30 heavy (non-hydrogen) atoms. The number of halogens is 4. The number of piperidine rings is 1. The number of aromatic nitrogens is 5. The molecule has 154 valence electrons. The highest BCUT2D eigenvalue weighted by Crippen LogP contribution is 2.33. The number of fused-ring (bicyclic) bond motifs is 2. The summed E-state index contributed by atoms with van der Waals surface area (Å²) in [7, 11) is 0. The first kappa shape index (κ1) is 18.7. The fraction of sp³-hybridized carbons (Fsp3) is 0.300. The van der Waals surface area contributed by atoms with Crippen LogP contribution >= 0.6 is 0 Å². The van der Waals surface area contributed by atoms with Gasteiger partial charge in [-0.05, 0) is 43.2 Å². The molecule has 0 aliphatic carbocycles. The summed E-state index contributed by atoms with van der Waals surface area (Å²) in [4.78, 5) is 10.5. The molecule has 1 atom stereocenters.